The molecule has 1 aromatic carbocycles. The van der Waals surface area contributed by atoms with E-state index in [9.17, 15) is 13.2 Å². The van der Waals surface area contributed by atoms with Gasteiger partial charge in [0.1, 0.15) is 0 Å². The quantitative estimate of drug-likeness (QED) is 0.819. The minimum Gasteiger partial charge on any atom is -0.377 e. The maximum absolute atomic E-state index is 12.7. The smallest absolute Gasteiger partial charge is 0.254 e. The Kier molecular flexibility index (Phi) is 4.59. The van der Waals surface area contributed by atoms with Crippen molar-refractivity contribution in [1.82, 2.24) is 4.90 Å². The molecule has 2 heterocycles. The maximum Gasteiger partial charge on any atom is 0.254 e. The molecule has 2 fully saturated rings. The second-order valence-electron chi connectivity index (χ2n) is 6.07. The summed E-state index contributed by atoms with van der Waals surface area (Å²) in [6, 6.07) is 6.96. The van der Waals surface area contributed by atoms with Gasteiger partial charge >= 0.3 is 0 Å². The first kappa shape index (κ1) is 16.3. The molecule has 0 bridgehead atoms. The second-order valence-corrected chi connectivity index (χ2v) is 8.08. The Labute approximate surface area is 137 Å². The van der Waals surface area contributed by atoms with E-state index < -0.39 is 10.0 Å². The van der Waals surface area contributed by atoms with Crippen LogP contribution in [0.5, 0.6) is 0 Å². The van der Waals surface area contributed by atoms with Gasteiger partial charge in [0.05, 0.1) is 30.7 Å². The lowest BCUT2D eigenvalue weighted by Crippen LogP contribution is -2.47. The number of nitrogens with zero attached hydrogens (tertiary/aromatic N) is 2. The zero-order valence-corrected chi connectivity index (χ0v) is 14.1. The summed E-state index contributed by atoms with van der Waals surface area (Å²) in [5.74, 6) is 0.100. The fourth-order valence-electron chi connectivity index (χ4n) is 3.07. The van der Waals surface area contributed by atoms with Gasteiger partial charge in [0.2, 0.25) is 10.0 Å². The first-order valence-electron chi connectivity index (χ1n) is 7.98. The van der Waals surface area contributed by atoms with E-state index in [0.29, 0.717) is 44.0 Å². The van der Waals surface area contributed by atoms with Crippen molar-refractivity contribution in [2.24, 2.45) is 0 Å². The van der Waals surface area contributed by atoms with Gasteiger partial charge in [-0.2, -0.15) is 0 Å². The van der Waals surface area contributed by atoms with Crippen LogP contribution >= 0.6 is 0 Å². The Morgan fingerprint density at radius 2 is 2.09 bits per heavy atom. The van der Waals surface area contributed by atoms with Crippen molar-refractivity contribution >= 4 is 21.6 Å². The van der Waals surface area contributed by atoms with E-state index in [1.165, 1.54) is 4.31 Å². The molecule has 0 aliphatic carbocycles. The van der Waals surface area contributed by atoms with Gasteiger partial charge in [-0.15, -0.1) is 0 Å². The number of rotatable bonds is 2. The summed E-state index contributed by atoms with van der Waals surface area (Å²) in [4.78, 5) is 14.5. The van der Waals surface area contributed by atoms with Crippen molar-refractivity contribution in [3.05, 3.63) is 29.8 Å². The number of benzene rings is 1. The fraction of sp³-hybridized carbons (Fsp3) is 0.562. The summed E-state index contributed by atoms with van der Waals surface area (Å²) in [7, 11) is -3.27. The SMILES string of the molecule is CC1COCCN1C(=O)c1cccc(N2CCCCS2(=O)=O)c1. The van der Waals surface area contributed by atoms with Crippen molar-refractivity contribution < 1.29 is 17.9 Å². The molecular formula is C16H22N2O4S. The molecule has 7 heteroatoms. The number of hydrogen-bond acceptors (Lipinski definition) is 4. The molecule has 0 aromatic heterocycles. The van der Waals surface area contributed by atoms with E-state index in [0.717, 1.165) is 6.42 Å². The van der Waals surface area contributed by atoms with E-state index in [1.54, 1.807) is 29.2 Å². The number of morpholine rings is 1. The third kappa shape index (κ3) is 3.35. The highest BCUT2D eigenvalue weighted by molar-refractivity contribution is 7.92. The predicted molar refractivity (Wildman–Crippen MR) is 88.1 cm³/mol. The van der Waals surface area contributed by atoms with Gasteiger partial charge in [-0.25, -0.2) is 8.42 Å². The molecular weight excluding hydrogens is 316 g/mol. The van der Waals surface area contributed by atoms with Crippen LogP contribution in [0.2, 0.25) is 0 Å². The topological polar surface area (TPSA) is 66.9 Å². The molecule has 23 heavy (non-hydrogen) atoms. The molecule has 1 aromatic rings. The molecule has 1 amide bonds. The lowest BCUT2D eigenvalue weighted by atomic mass is 10.1. The van der Waals surface area contributed by atoms with Gasteiger partial charge in [-0.3, -0.25) is 9.10 Å². The monoisotopic (exact) mass is 338 g/mol. The van der Waals surface area contributed by atoms with E-state index >= 15 is 0 Å². The summed E-state index contributed by atoms with van der Waals surface area (Å²) < 4.78 is 31.3. The Bertz CT molecular complexity index is 689. The van der Waals surface area contributed by atoms with Crippen LogP contribution < -0.4 is 4.31 Å². The highest BCUT2D eigenvalue weighted by Gasteiger charge is 2.28. The van der Waals surface area contributed by atoms with E-state index in [2.05, 4.69) is 0 Å². The lowest BCUT2D eigenvalue weighted by molar-refractivity contribution is 0.00359. The van der Waals surface area contributed by atoms with Crippen LogP contribution in [0.1, 0.15) is 30.1 Å². The van der Waals surface area contributed by atoms with Crippen molar-refractivity contribution in [3.8, 4) is 0 Å². The third-order valence-electron chi connectivity index (χ3n) is 4.36. The molecule has 0 radical (unpaired) electrons. The minimum atomic E-state index is -3.27. The zero-order valence-electron chi connectivity index (χ0n) is 13.3. The van der Waals surface area contributed by atoms with Crippen molar-refractivity contribution in [2.45, 2.75) is 25.8 Å². The summed E-state index contributed by atoms with van der Waals surface area (Å²) in [6.07, 6.45) is 1.54. The van der Waals surface area contributed by atoms with Gasteiger partial charge in [-0.1, -0.05) is 6.07 Å². The van der Waals surface area contributed by atoms with Crippen LogP contribution in [0.25, 0.3) is 0 Å². The van der Waals surface area contributed by atoms with Gasteiger partial charge in [0, 0.05) is 18.7 Å². The van der Waals surface area contributed by atoms with E-state index in [-0.39, 0.29) is 17.7 Å². The zero-order chi connectivity index (χ0) is 16.4. The first-order valence-corrected chi connectivity index (χ1v) is 9.59. The number of hydrogen-bond donors (Lipinski definition) is 0. The van der Waals surface area contributed by atoms with Crippen molar-refractivity contribution in [1.29, 1.82) is 0 Å². The Hall–Kier alpha value is -1.60. The highest BCUT2D eigenvalue weighted by atomic mass is 32.2. The summed E-state index contributed by atoms with van der Waals surface area (Å²) in [6.45, 7) is 4.07. The number of carbonyl (C=O) groups excluding carboxylic acids is 1. The maximum atomic E-state index is 12.7. The number of carbonyl (C=O) groups is 1. The van der Waals surface area contributed by atoms with Gasteiger partial charge in [0.15, 0.2) is 0 Å². The van der Waals surface area contributed by atoms with Crippen molar-refractivity contribution in [2.75, 3.05) is 36.4 Å². The molecule has 2 saturated heterocycles. The number of anilines is 1. The second kappa shape index (κ2) is 6.49. The number of ether oxygens (including phenoxy) is 1. The lowest BCUT2D eigenvalue weighted by Gasteiger charge is -2.34. The summed E-state index contributed by atoms with van der Waals surface area (Å²) in [5.41, 5.74) is 1.11. The summed E-state index contributed by atoms with van der Waals surface area (Å²) in [5, 5.41) is 0. The van der Waals surface area contributed by atoms with Crippen LogP contribution in [-0.2, 0) is 14.8 Å². The fourth-order valence-corrected chi connectivity index (χ4v) is 4.70. The molecule has 1 unspecified atom stereocenters. The highest BCUT2D eigenvalue weighted by Crippen LogP contribution is 2.25. The standard InChI is InChI=1S/C16H22N2O4S/c1-13-12-22-9-8-17(13)16(19)14-5-4-6-15(11-14)18-7-2-3-10-23(18,20)21/h4-6,11,13H,2-3,7-10,12H2,1H3. The first-order chi connectivity index (χ1) is 11.0. The summed E-state index contributed by atoms with van der Waals surface area (Å²) >= 11 is 0. The van der Waals surface area contributed by atoms with Gasteiger partial charge < -0.3 is 9.64 Å². The molecule has 0 N–H and O–H groups in total. The molecule has 6 nitrogen and oxygen atoms in total. The van der Waals surface area contributed by atoms with Crippen LogP contribution in [0.4, 0.5) is 5.69 Å². The Balaban J connectivity index is 1.86. The normalized spacial score (nSPS) is 24.5. The molecule has 0 spiro atoms. The molecule has 126 valence electrons. The predicted octanol–water partition coefficient (Wildman–Crippen LogP) is 1.48. The molecule has 1 atom stereocenters. The average molecular weight is 338 g/mol. The minimum absolute atomic E-state index is 0.0265. The third-order valence-corrected chi connectivity index (χ3v) is 6.23. The largest absolute Gasteiger partial charge is 0.377 e. The molecule has 2 aliphatic rings. The van der Waals surface area contributed by atoms with Gasteiger partial charge in [0.25, 0.3) is 5.91 Å². The van der Waals surface area contributed by atoms with Crippen molar-refractivity contribution in [3.63, 3.8) is 0 Å². The van der Waals surface area contributed by atoms with Crippen LogP contribution in [-0.4, -0.2) is 57.3 Å². The number of sulfonamides is 1. The Morgan fingerprint density at radius 1 is 1.26 bits per heavy atom. The van der Waals surface area contributed by atoms with E-state index in [1.807, 2.05) is 6.92 Å². The van der Waals surface area contributed by atoms with Crippen LogP contribution in [0.15, 0.2) is 24.3 Å². The molecule has 2 aliphatic heterocycles. The average Bonchev–Trinajstić information content (AvgIpc) is 2.54. The molecule has 3 rings (SSSR count). The van der Waals surface area contributed by atoms with Crippen LogP contribution in [0.3, 0.4) is 0 Å². The van der Waals surface area contributed by atoms with Gasteiger partial charge in [-0.05, 0) is 38.0 Å². The van der Waals surface area contributed by atoms with E-state index in [4.69, 9.17) is 4.74 Å². The Morgan fingerprint density at radius 3 is 2.83 bits per heavy atom. The number of amides is 1. The van der Waals surface area contributed by atoms with Crippen LogP contribution in [0, 0.1) is 0 Å². The molecule has 0 saturated carbocycles.